The second-order valence-electron chi connectivity index (χ2n) is 6.51. The van der Waals surface area contributed by atoms with Gasteiger partial charge in [-0.2, -0.15) is 0 Å². The van der Waals surface area contributed by atoms with Gasteiger partial charge < -0.3 is 10.1 Å². The summed E-state index contributed by atoms with van der Waals surface area (Å²) in [7, 11) is 1.46. The van der Waals surface area contributed by atoms with E-state index in [1.807, 2.05) is 12.1 Å². The highest BCUT2D eigenvalue weighted by atomic mass is 79.9. The number of methoxy groups -OCH3 is 1. The number of carbonyl (C=O) groups is 1. The van der Waals surface area contributed by atoms with Crippen molar-refractivity contribution >= 4 is 27.6 Å². The van der Waals surface area contributed by atoms with Crippen molar-refractivity contribution in [2.75, 3.05) is 12.4 Å². The lowest BCUT2D eigenvalue weighted by Gasteiger charge is -2.43. The van der Waals surface area contributed by atoms with Crippen LogP contribution in [-0.4, -0.2) is 19.1 Å². The third-order valence-electron chi connectivity index (χ3n) is 5.47. The molecular weight excluding hydrogens is 354 g/mol. The highest BCUT2D eigenvalue weighted by Gasteiger charge is 2.53. The van der Waals surface area contributed by atoms with Crippen molar-refractivity contribution in [3.05, 3.63) is 63.6 Å². The summed E-state index contributed by atoms with van der Waals surface area (Å²) in [5, 5.41) is 3.41. The van der Waals surface area contributed by atoms with Crippen molar-refractivity contribution in [1.82, 2.24) is 0 Å². The molecule has 0 saturated heterocycles. The Labute approximate surface area is 144 Å². The van der Waals surface area contributed by atoms with E-state index in [2.05, 4.69) is 58.5 Å². The van der Waals surface area contributed by atoms with Gasteiger partial charge >= 0.3 is 5.97 Å². The number of nitrogens with one attached hydrogen (secondary N) is 1. The van der Waals surface area contributed by atoms with Gasteiger partial charge in [0, 0.05) is 21.5 Å². The molecule has 3 nitrogen and oxygen atoms in total. The van der Waals surface area contributed by atoms with E-state index < -0.39 is 0 Å². The van der Waals surface area contributed by atoms with Gasteiger partial charge in [0.2, 0.25) is 0 Å². The van der Waals surface area contributed by atoms with E-state index in [0.717, 1.165) is 16.6 Å². The van der Waals surface area contributed by atoms with Gasteiger partial charge in [0.05, 0.1) is 7.11 Å². The molecule has 3 unspecified atom stereocenters. The van der Waals surface area contributed by atoms with E-state index in [4.69, 9.17) is 4.74 Å². The summed E-state index contributed by atoms with van der Waals surface area (Å²) in [6, 6.07) is 14.4. The van der Waals surface area contributed by atoms with E-state index in [1.165, 1.54) is 23.8 Å². The summed E-state index contributed by atoms with van der Waals surface area (Å²) in [6.07, 6.45) is 0.880. The number of hydrogen-bond donors (Lipinski definition) is 1. The molecule has 4 heteroatoms. The van der Waals surface area contributed by atoms with Gasteiger partial charge in [0.25, 0.3) is 0 Å². The average Bonchev–Trinajstić information content (AvgIpc) is 2.88. The van der Waals surface area contributed by atoms with Crippen LogP contribution in [-0.2, 0) is 21.4 Å². The number of benzene rings is 2. The van der Waals surface area contributed by atoms with Crippen molar-refractivity contribution in [2.45, 2.75) is 24.8 Å². The van der Waals surface area contributed by atoms with Crippen molar-refractivity contribution in [1.29, 1.82) is 0 Å². The van der Waals surface area contributed by atoms with Crippen LogP contribution in [0, 0.1) is 5.92 Å². The monoisotopic (exact) mass is 371 g/mol. The molecule has 2 aromatic carbocycles. The topological polar surface area (TPSA) is 38.3 Å². The minimum atomic E-state index is -0.328. The fraction of sp³-hybridized carbons (Fsp3) is 0.316. The Bertz CT molecular complexity index is 804. The minimum Gasteiger partial charge on any atom is -0.467 e. The molecule has 1 heterocycles. The van der Waals surface area contributed by atoms with E-state index >= 15 is 0 Å². The van der Waals surface area contributed by atoms with Gasteiger partial charge in [-0.3, -0.25) is 0 Å². The Balaban J connectivity index is 1.97. The largest absolute Gasteiger partial charge is 0.467 e. The third kappa shape index (κ3) is 1.97. The number of esters is 1. The molecule has 0 bridgehead atoms. The smallest absolute Gasteiger partial charge is 0.328 e. The molecule has 0 radical (unpaired) electrons. The number of anilines is 1. The van der Waals surface area contributed by atoms with Crippen LogP contribution in [0.25, 0.3) is 0 Å². The molecule has 2 aliphatic rings. The SMILES string of the molecule is COC(=O)C1Nc2ccc(Br)cc2C2(C)c3ccccc3CC12. The van der Waals surface area contributed by atoms with Gasteiger partial charge in [-0.1, -0.05) is 47.1 Å². The van der Waals surface area contributed by atoms with E-state index in [0.29, 0.717) is 0 Å². The van der Waals surface area contributed by atoms with Crippen molar-refractivity contribution in [3.63, 3.8) is 0 Å². The first-order chi connectivity index (χ1) is 11.1. The van der Waals surface area contributed by atoms with Crippen LogP contribution in [0.4, 0.5) is 5.69 Å². The van der Waals surface area contributed by atoms with Gasteiger partial charge in [-0.15, -0.1) is 0 Å². The highest BCUT2D eigenvalue weighted by Crippen LogP contribution is 2.54. The van der Waals surface area contributed by atoms with Crippen molar-refractivity contribution < 1.29 is 9.53 Å². The summed E-state index contributed by atoms with van der Waals surface area (Å²) >= 11 is 3.59. The normalized spacial score (nSPS) is 27.4. The molecule has 118 valence electrons. The van der Waals surface area contributed by atoms with Gasteiger partial charge in [0.1, 0.15) is 6.04 Å². The lowest BCUT2D eigenvalue weighted by Crippen LogP contribution is -2.50. The maximum Gasteiger partial charge on any atom is 0.328 e. The van der Waals surface area contributed by atoms with Crippen LogP contribution in [0.3, 0.4) is 0 Å². The number of fused-ring (bicyclic) bond motifs is 5. The first-order valence-corrected chi connectivity index (χ1v) is 8.58. The Morgan fingerprint density at radius 3 is 2.83 bits per heavy atom. The van der Waals surface area contributed by atoms with Crippen LogP contribution in [0.2, 0.25) is 0 Å². The lowest BCUT2D eigenvalue weighted by atomic mass is 9.66. The molecule has 0 amide bonds. The summed E-state index contributed by atoms with van der Waals surface area (Å²) < 4.78 is 6.12. The first-order valence-electron chi connectivity index (χ1n) is 7.78. The molecule has 2 aromatic rings. The van der Waals surface area contributed by atoms with E-state index in [1.54, 1.807) is 0 Å². The van der Waals surface area contributed by atoms with Gasteiger partial charge in [0.15, 0.2) is 0 Å². The zero-order valence-electron chi connectivity index (χ0n) is 13.1. The van der Waals surface area contributed by atoms with Crippen LogP contribution >= 0.6 is 15.9 Å². The molecule has 0 saturated carbocycles. The Morgan fingerprint density at radius 2 is 2.04 bits per heavy atom. The predicted octanol–water partition coefficient (Wildman–Crippen LogP) is 3.89. The molecular formula is C19H18BrNO2. The minimum absolute atomic E-state index is 0.147. The highest BCUT2D eigenvalue weighted by molar-refractivity contribution is 9.10. The summed E-state index contributed by atoms with van der Waals surface area (Å²) in [4.78, 5) is 12.4. The lowest BCUT2D eigenvalue weighted by molar-refractivity contribution is -0.143. The zero-order valence-corrected chi connectivity index (χ0v) is 14.7. The quantitative estimate of drug-likeness (QED) is 0.772. The van der Waals surface area contributed by atoms with Crippen LogP contribution < -0.4 is 5.32 Å². The molecule has 0 fully saturated rings. The molecule has 1 aliphatic heterocycles. The fourth-order valence-electron chi connectivity index (χ4n) is 4.33. The number of hydrogen-bond acceptors (Lipinski definition) is 3. The third-order valence-corrected chi connectivity index (χ3v) is 5.96. The van der Waals surface area contributed by atoms with Gasteiger partial charge in [-0.25, -0.2) is 4.79 Å². The molecule has 0 aromatic heterocycles. The molecule has 3 atom stereocenters. The summed E-state index contributed by atoms with van der Waals surface area (Å²) in [5.74, 6) is -0.0447. The zero-order chi connectivity index (χ0) is 16.2. The Kier molecular flexibility index (Phi) is 3.27. The molecule has 1 aliphatic carbocycles. The predicted molar refractivity (Wildman–Crippen MR) is 93.7 cm³/mol. The second-order valence-corrected chi connectivity index (χ2v) is 7.42. The van der Waals surface area contributed by atoms with Crippen LogP contribution in [0.5, 0.6) is 0 Å². The molecule has 23 heavy (non-hydrogen) atoms. The second kappa shape index (κ2) is 5.10. The maximum absolute atomic E-state index is 12.4. The van der Waals surface area contributed by atoms with E-state index in [-0.39, 0.29) is 23.3 Å². The molecule has 1 N–H and O–H groups in total. The Morgan fingerprint density at radius 1 is 1.26 bits per heavy atom. The number of halogens is 1. The molecule has 0 spiro atoms. The van der Waals surface area contributed by atoms with Crippen LogP contribution in [0.1, 0.15) is 23.6 Å². The maximum atomic E-state index is 12.4. The van der Waals surface area contributed by atoms with Crippen molar-refractivity contribution in [2.24, 2.45) is 5.92 Å². The fourth-order valence-corrected chi connectivity index (χ4v) is 4.69. The average molecular weight is 372 g/mol. The number of carbonyl (C=O) groups excluding carboxylic acids is 1. The summed E-state index contributed by atoms with van der Waals surface area (Å²) in [6.45, 7) is 2.26. The number of ether oxygens (including phenoxy) is 1. The molecule has 4 rings (SSSR count). The van der Waals surface area contributed by atoms with Crippen LogP contribution in [0.15, 0.2) is 46.9 Å². The number of rotatable bonds is 1. The van der Waals surface area contributed by atoms with Crippen molar-refractivity contribution in [3.8, 4) is 0 Å². The standard InChI is InChI=1S/C19H18BrNO2/c1-19-13-6-4-3-5-11(13)9-15(19)17(18(22)23-2)21-16-8-7-12(20)10-14(16)19/h3-8,10,15,17,21H,9H2,1-2H3. The summed E-state index contributed by atoms with van der Waals surface area (Å²) in [5.41, 5.74) is 4.70. The van der Waals surface area contributed by atoms with E-state index in [9.17, 15) is 4.79 Å². The first kappa shape index (κ1) is 14.8. The van der Waals surface area contributed by atoms with Gasteiger partial charge in [-0.05, 0) is 41.3 Å². The Hall–Kier alpha value is -1.81.